The van der Waals surface area contributed by atoms with Crippen LogP contribution in [0.1, 0.15) is 52.9 Å². The van der Waals surface area contributed by atoms with Gasteiger partial charge in [-0.2, -0.15) is 10.3 Å². The van der Waals surface area contributed by atoms with E-state index in [0.717, 1.165) is 19.3 Å². The summed E-state index contributed by atoms with van der Waals surface area (Å²) in [7, 11) is 0. The first-order valence-electron chi connectivity index (χ1n) is 6.00. The van der Waals surface area contributed by atoms with Gasteiger partial charge in [-0.1, -0.05) is 27.2 Å². The lowest BCUT2D eigenvalue weighted by Crippen LogP contribution is -2.35. The van der Waals surface area contributed by atoms with Gasteiger partial charge in [0.25, 0.3) is 0 Å². The van der Waals surface area contributed by atoms with Gasteiger partial charge in [-0.15, -0.1) is 0 Å². The molecular weight excluding hydrogens is 200 g/mol. The summed E-state index contributed by atoms with van der Waals surface area (Å²) in [5.41, 5.74) is -0.450. The molecule has 0 heterocycles. The van der Waals surface area contributed by atoms with Crippen LogP contribution >= 0.6 is 0 Å². The molecule has 1 aliphatic carbocycles. The molecule has 0 aromatic rings. The Bertz CT molecular complexity index is 326. The van der Waals surface area contributed by atoms with Gasteiger partial charge in [-0.3, -0.25) is 0 Å². The molecule has 0 saturated heterocycles. The van der Waals surface area contributed by atoms with Gasteiger partial charge in [-0.25, -0.2) is 4.79 Å². The van der Waals surface area contributed by atoms with E-state index >= 15 is 0 Å². The minimum absolute atomic E-state index is 0.326. The molecule has 1 aliphatic rings. The summed E-state index contributed by atoms with van der Waals surface area (Å²) < 4.78 is 0. The molecule has 0 unspecified atom stereocenters. The number of rotatable bonds is 3. The zero-order chi connectivity index (χ0) is 12.2. The molecule has 88 valence electrons. The van der Waals surface area contributed by atoms with Crippen molar-refractivity contribution in [2.45, 2.75) is 58.4 Å². The number of nitriles is 1. The Kier molecular flexibility index (Phi) is 3.88. The highest BCUT2D eigenvalue weighted by Gasteiger charge is 2.39. The van der Waals surface area contributed by atoms with Crippen LogP contribution in [-0.4, -0.2) is 11.6 Å². The van der Waals surface area contributed by atoms with E-state index < -0.39 is 5.54 Å². The molecule has 1 rings (SSSR count). The number of hydrogen-bond donors (Lipinski definition) is 0. The van der Waals surface area contributed by atoms with Gasteiger partial charge in [0, 0.05) is 0 Å². The topological polar surface area (TPSA) is 53.2 Å². The highest BCUT2D eigenvalue weighted by molar-refractivity contribution is 5.37. The smallest absolute Gasteiger partial charge is 0.211 e. The summed E-state index contributed by atoms with van der Waals surface area (Å²) in [6.45, 7) is 6.76. The van der Waals surface area contributed by atoms with Gasteiger partial charge in [-0.05, 0) is 37.0 Å². The van der Waals surface area contributed by atoms with E-state index in [1.165, 1.54) is 0 Å². The molecule has 0 spiro atoms. The zero-order valence-corrected chi connectivity index (χ0v) is 10.4. The quantitative estimate of drug-likeness (QED) is 0.541. The van der Waals surface area contributed by atoms with Crippen LogP contribution in [0.3, 0.4) is 0 Å². The molecule has 0 bridgehead atoms. The van der Waals surface area contributed by atoms with Crippen molar-refractivity contribution in [3.05, 3.63) is 0 Å². The molecule has 1 saturated carbocycles. The van der Waals surface area contributed by atoms with Gasteiger partial charge in [0.05, 0.1) is 6.07 Å². The number of carbonyl (C=O) groups excluding carboxylic acids is 1. The van der Waals surface area contributed by atoms with Crippen LogP contribution in [-0.2, 0) is 4.79 Å². The van der Waals surface area contributed by atoms with Crippen LogP contribution in [0.25, 0.3) is 0 Å². The summed E-state index contributed by atoms with van der Waals surface area (Å²) >= 11 is 0. The summed E-state index contributed by atoms with van der Waals surface area (Å²) in [5, 5.41) is 9.10. The maximum Gasteiger partial charge on any atom is 0.236 e. The monoisotopic (exact) mass is 220 g/mol. The summed E-state index contributed by atoms with van der Waals surface area (Å²) in [6, 6.07) is 2.18. The van der Waals surface area contributed by atoms with Crippen LogP contribution in [0.2, 0.25) is 0 Å². The van der Waals surface area contributed by atoms with Gasteiger partial charge >= 0.3 is 0 Å². The second kappa shape index (κ2) is 4.80. The molecular formula is C13H20N2O. The third-order valence-electron chi connectivity index (χ3n) is 4.30. The average molecular weight is 220 g/mol. The van der Waals surface area contributed by atoms with Crippen LogP contribution in [0.4, 0.5) is 0 Å². The van der Waals surface area contributed by atoms with Gasteiger partial charge < -0.3 is 0 Å². The minimum atomic E-state index is -0.776. The summed E-state index contributed by atoms with van der Waals surface area (Å²) in [6.07, 6.45) is 6.07. The largest absolute Gasteiger partial charge is 0.236 e. The molecule has 0 radical (unpaired) electrons. The van der Waals surface area contributed by atoms with Crippen LogP contribution in [0.5, 0.6) is 0 Å². The fourth-order valence-electron chi connectivity index (χ4n) is 2.50. The Morgan fingerprint density at radius 2 is 2.00 bits per heavy atom. The van der Waals surface area contributed by atoms with Crippen molar-refractivity contribution in [1.29, 1.82) is 5.26 Å². The molecule has 0 N–H and O–H groups in total. The van der Waals surface area contributed by atoms with Crippen molar-refractivity contribution in [3.63, 3.8) is 0 Å². The van der Waals surface area contributed by atoms with E-state index in [4.69, 9.17) is 5.26 Å². The Morgan fingerprint density at radius 1 is 1.44 bits per heavy atom. The van der Waals surface area contributed by atoms with Crippen molar-refractivity contribution in [3.8, 4) is 6.07 Å². The van der Waals surface area contributed by atoms with E-state index in [2.05, 4.69) is 31.8 Å². The zero-order valence-electron chi connectivity index (χ0n) is 10.4. The van der Waals surface area contributed by atoms with Crippen molar-refractivity contribution in [2.75, 3.05) is 0 Å². The summed E-state index contributed by atoms with van der Waals surface area (Å²) in [4.78, 5) is 14.0. The first-order valence-corrected chi connectivity index (χ1v) is 6.00. The number of nitrogens with zero attached hydrogens (tertiary/aromatic N) is 2. The lowest BCUT2D eigenvalue weighted by Gasteiger charge is -2.40. The predicted molar refractivity (Wildman–Crippen MR) is 62.5 cm³/mol. The molecule has 0 aliphatic heterocycles. The molecule has 0 aromatic carbocycles. The fourth-order valence-corrected chi connectivity index (χ4v) is 2.50. The number of hydrogen-bond acceptors (Lipinski definition) is 3. The van der Waals surface area contributed by atoms with E-state index in [1.54, 1.807) is 6.08 Å². The average Bonchev–Trinajstić information content (AvgIpc) is 2.30. The molecule has 0 aromatic heterocycles. The van der Waals surface area contributed by atoms with Crippen LogP contribution < -0.4 is 0 Å². The molecule has 0 atom stereocenters. The van der Waals surface area contributed by atoms with Crippen LogP contribution in [0.15, 0.2) is 4.99 Å². The third kappa shape index (κ3) is 2.51. The number of isocyanates is 1. The standard InChI is InChI=1S/C13H20N2O/c1-4-12(2,3)11-5-7-13(9-14,8-6-11)15-10-16/h11H,4-8H2,1-3H3. The molecule has 0 amide bonds. The Hall–Kier alpha value is -1.13. The molecule has 16 heavy (non-hydrogen) atoms. The second-order valence-electron chi connectivity index (χ2n) is 5.46. The van der Waals surface area contributed by atoms with E-state index in [9.17, 15) is 4.79 Å². The number of aliphatic imine (C=N–C) groups is 1. The van der Waals surface area contributed by atoms with Crippen molar-refractivity contribution in [1.82, 2.24) is 0 Å². The first kappa shape index (κ1) is 12.9. The van der Waals surface area contributed by atoms with Crippen molar-refractivity contribution in [2.24, 2.45) is 16.3 Å². The Labute approximate surface area is 97.6 Å². The lowest BCUT2D eigenvalue weighted by atomic mass is 9.66. The third-order valence-corrected chi connectivity index (χ3v) is 4.30. The van der Waals surface area contributed by atoms with Gasteiger partial charge in [0.15, 0.2) is 5.54 Å². The summed E-state index contributed by atoms with van der Waals surface area (Å²) in [5.74, 6) is 0.640. The fraction of sp³-hybridized carbons (Fsp3) is 0.846. The molecule has 3 nitrogen and oxygen atoms in total. The maximum absolute atomic E-state index is 10.3. The predicted octanol–water partition coefficient (Wildman–Crippen LogP) is 3.21. The molecule has 1 fully saturated rings. The van der Waals surface area contributed by atoms with Gasteiger partial charge in [0.2, 0.25) is 6.08 Å². The van der Waals surface area contributed by atoms with Gasteiger partial charge in [0.1, 0.15) is 0 Å². The van der Waals surface area contributed by atoms with E-state index in [-0.39, 0.29) is 0 Å². The maximum atomic E-state index is 10.3. The highest BCUT2D eigenvalue weighted by Crippen LogP contribution is 2.44. The van der Waals surface area contributed by atoms with E-state index in [0.29, 0.717) is 24.2 Å². The normalized spacial score (nSPS) is 30.2. The second-order valence-corrected chi connectivity index (χ2v) is 5.46. The van der Waals surface area contributed by atoms with Crippen molar-refractivity contribution >= 4 is 6.08 Å². The molecule has 3 heteroatoms. The highest BCUT2D eigenvalue weighted by atomic mass is 16.1. The Balaban J connectivity index is 2.71. The SMILES string of the molecule is CCC(C)(C)C1CCC(C#N)(N=C=O)CC1. The Morgan fingerprint density at radius 3 is 2.38 bits per heavy atom. The lowest BCUT2D eigenvalue weighted by molar-refractivity contribution is 0.131. The minimum Gasteiger partial charge on any atom is -0.211 e. The van der Waals surface area contributed by atoms with Crippen molar-refractivity contribution < 1.29 is 4.79 Å². The van der Waals surface area contributed by atoms with Crippen LogP contribution in [0, 0.1) is 22.7 Å². The first-order chi connectivity index (χ1) is 7.49. The van der Waals surface area contributed by atoms with E-state index in [1.807, 2.05) is 0 Å².